The third-order valence-electron chi connectivity index (χ3n) is 3.94. The number of aromatic nitrogens is 2. The van der Waals surface area contributed by atoms with Crippen molar-refractivity contribution in [1.82, 2.24) is 9.55 Å². The van der Waals surface area contributed by atoms with Gasteiger partial charge >= 0.3 is 0 Å². The molecule has 0 N–H and O–H groups in total. The zero-order valence-corrected chi connectivity index (χ0v) is 15.9. The second-order valence-electron chi connectivity index (χ2n) is 5.58. The predicted octanol–water partition coefficient (Wildman–Crippen LogP) is 3.53. The number of anilines is 1. The Morgan fingerprint density at radius 3 is 2.72 bits per heavy atom. The molecule has 3 aromatic rings. The molecule has 1 atom stereocenters. The van der Waals surface area contributed by atoms with Crippen LogP contribution in [0.1, 0.15) is 13.8 Å². The number of fused-ring (bicyclic) bond motifs is 1. The van der Waals surface area contributed by atoms with Crippen LogP contribution in [0.25, 0.3) is 10.2 Å². The topological polar surface area (TPSA) is 55.2 Å². The average molecular weight is 374 g/mol. The summed E-state index contributed by atoms with van der Waals surface area (Å²) in [7, 11) is 1.70. The molecule has 0 radical (unpaired) electrons. The van der Waals surface area contributed by atoms with Gasteiger partial charge < -0.3 is 4.90 Å². The molecule has 0 aliphatic carbocycles. The number of carbonyl (C=O) groups is 1. The van der Waals surface area contributed by atoms with Gasteiger partial charge in [0.2, 0.25) is 5.91 Å². The number of nitrogens with zero attached hydrogens (tertiary/aromatic N) is 3. The van der Waals surface area contributed by atoms with Gasteiger partial charge in [-0.2, -0.15) is 0 Å². The van der Waals surface area contributed by atoms with Gasteiger partial charge in [-0.3, -0.25) is 14.2 Å². The molecule has 1 aromatic carbocycles. The average Bonchev–Trinajstić information content (AvgIpc) is 3.09. The minimum Gasteiger partial charge on any atom is -0.312 e. The van der Waals surface area contributed by atoms with E-state index in [9.17, 15) is 9.59 Å². The number of rotatable bonds is 5. The van der Waals surface area contributed by atoms with Crippen LogP contribution in [0.4, 0.5) is 5.69 Å². The Morgan fingerprint density at radius 2 is 2.04 bits per heavy atom. The molecule has 25 heavy (non-hydrogen) atoms. The van der Waals surface area contributed by atoms with E-state index in [4.69, 9.17) is 0 Å². The van der Waals surface area contributed by atoms with Crippen molar-refractivity contribution >= 4 is 44.9 Å². The monoisotopic (exact) mass is 373 g/mol. The lowest BCUT2D eigenvalue weighted by atomic mass is 10.2. The standard InChI is InChI=1S/C18H19N3O2S2/c1-4-21(13-8-6-5-7-9-13)16(22)12(2)25-18-19-15-14(10-11-24-15)17(23)20(18)3/h5-12H,4H2,1-3H3. The van der Waals surface area contributed by atoms with Gasteiger partial charge in [-0.1, -0.05) is 30.0 Å². The maximum absolute atomic E-state index is 12.9. The van der Waals surface area contributed by atoms with E-state index in [0.29, 0.717) is 21.9 Å². The fourth-order valence-electron chi connectivity index (χ4n) is 2.59. The molecule has 0 bridgehead atoms. The highest BCUT2D eigenvalue weighted by Gasteiger charge is 2.23. The molecule has 3 rings (SSSR count). The molecule has 1 amide bonds. The maximum Gasteiger partial charge on any atom is 0.262 e. The Hall–Kier alpha value is -2.12. The molecule has 5 nitrogen and oxygen atoms in total. The second-order valence-corrected chi connectivity index (χ2v) is 7.78. The molecule has 0 aliphatic heterocycles. The van der Waals surface area contributed by atoms with Crippen molar-refractivity contribution in [2.24, 2.45) is 7.05 Å². The van der Waals surface area contributed by atoms with Crippen LogP contribution in [0.3, 0.4) is 0 Å². The predicted molar refractivity (Wildman–Crippen MR) is 105 cm³/mol. The first kappa shape index (κ1) is 17.7. The minimum atomic E-state index is -0.351. The van der Waals surface area contributed by atoms with Crippen LogP contribution in [0.15, 0.2) is 51.7 Å². The van der Waals surface area contributed by atoms with Crippen LogP contribution in [-0.4, -0.2) is 27.3 Å². The van der Waals surface area contributed by atoms with E-state index in [1.807, 2.05) is 49.6 Å². The lowest BCUT2D eigenvalue weighted by molar-refractivity contribution is -0.117. The van der Waals surface area contributed by atoms with Crippen molar-refractivity contribution in [3.05, 3.63) is 52.1 Å². The summed E-state index contributed by atoms with van der Waals surface area (Å²) in [4.78, 5) is 32.3. The minimum absolute atomic E-state index is 0.000717. The van der Waals surface area contributed by atoms with E-state index >= 15 is 0 Å². The van der Waals surface area contributed by atoms with Gasteiger partial charge in [-0.15, -0.1) is 11.3 Å². The Kier molecular flexibility index (Phi) is 5.24. The molecule has 0 saturated carbocycles. The number of hydrogen-bond donors (Lipinski definition) is 0. The van der Waals surface area contributed by atoms with E-state index in [1.54, 1.807) is 18.0 Å². The number of amides is 1. The summed E-state index contributed by atoms with van der Waals surface area (Å²) in [6.45, 7) is 4.39. The van der Waals surface area contributed by atoms with Gasteiger partial charge in [-0.05, 0) is 37.4 Å². The van der Waals surface area contributed by atoms with Gasteiger partial charge in [0.25, 0.3) is 5.56 Å². The van der Waals surface area contributed by atoms with Crippen molar-refractivity contribution < 1.29 is 4.79 Å². The Morgan fingerprint density at radius 1 is 1.32 bits per heavy atom. The first-order valence-electron chi connectivity index (χ1n) is 8.00. The van der Waals surface area contributed by atoms with Gasteiger partial charge in [0.05, 0.1) is 10.6 Å². The van der Waals surface area contributed by atoms with Crippen molar-refractivity contribution in [2.75, 3.05) is 11.4 Å². The molecule has 0 aliphatic rings. The molecular weight excluding hydrogens is 354 g/mol. The molecule has 2 heterocycles. The first-order chi connectivity index (χ1) is 12.0. The summed E-state index contributed by atoms with van der Waals surface area (Å²) in [5.41, 5.74) is 0.793. The van der Waals surface area contributed by atoms with Crippen LogP contribution in [0.5, 0.6) is 0 Å². The summed E-state index contributed by atoms with van der Waals surface area (Å²) in [6.07, 6.45) is 0. The third kappa shape index (κ3) is 3.48. The lowest BCUT2D eigenvalue weighted by Gasteiger charge is -2.24. The molecule has 130 valence electrons. The van der Waals surface area contributed by atoms with E-state index in [0.717, 1.165) is 5.69 Å². The van der Waals surface area contributed by atoms with Crippen LogP contribution >= 0.6 is 23.1 Å². The maximum atomic E-state index is 12.9. The highest BCUT2D eigenvalue weighted by atomic mass is 32.2. The summed E-state index contributed by atoms with van der Waals surface area (Å²) in [5, 5.41) is 2.69. The van der Waals surface area contributed by atoms with Crippen LogP contribution in [0.2, 0.25) is 0 Å². The fourth-order valence-corrected chi connectivity index (χ4v) is 4.33. The quantitative estimate of drug-likeness (QED) is 0.507. The van der Waals surface area contributed by atoms with Crippen LogP contribution in [0, 0.1) is 0 Å². The van der Waals surface area contributed by atoms with Crippen molar-refractivity contribution in [3.8, 4) is 0 Å². The summed E-state index contributed by atoms with van der Waals surface area (Å²) in [6, 6.07) is 11.4. The largest absolute Gasteiger partial charge is 0.312 e. The lowest BCUT2D eigenvalue weighted by Crippen LogP contribution is -2.36. The first-order valence-corrected chi connectivity index (χ1v) is 9.76. The van der Waals surface area contributed by atoms with Crippen molar-refractivity contribution in [3.63, 3.8) is 0 Å². The van der Waals surface area contributed by atoms with E-state index in [2.05, 4.69) is 4.98 Å². The zero-order chi connectivity index (χ0) is 18.0. The normalized spacial score (nSPS) is 12.3. The van der Waals surface area contributed by atoms with Crippen LogP contribution in [-0.2, 0) is 11.8 Å². The summed E-state index contributed by atoms with van der Waals surface area (Å²) < 4.78 is 1.52. The highest BCUT2D eigenvalue weighted by molar-refractivity contribution is 8.00. The number of carbonyl (C=O) groups excluding carboxylic acids is 1. The van der Waals surface area contributed by atoms with Gasteiger partial charge in [0.15, 0.2) is 5.16 Å². The zero-order valence-electron chi connectivity index (χ0n) is 14.3. The highest BCUT2D eigenvalue weighted by Crippen LogP contribution is 2.26. The van der Waals surface area contributed by atoms with Gasteiger partial charge in [0.1, 0.15) is 4.83 Å². The van der Waals surface area contributed by atoms with Gasteiger partial charge in [-0.25, -0.2) is 4.98 Å². The molecule has 0 spiro atoms. The number of para-hydroxylation sites is 1. The molecule has 1 unspecified atom stereocenters. The molecule has 0 fully saturated rings. The fraction of sp³-hybridized carbons (Fsp3) is 0.278. The number of thioether (sulfide) groups is 1. The van der Waals surface area contributed by atoms with Crippen LogP contribution < -0.4 is 10.5 Å². The van der Waals surface area contributed by atoms with E-state index in [-0.39, 0.29) is 16.7 Å². The Bertz CT molecular complexity index is 950. The Labute approximate surface area is 154 Å². The van der Waals surface area contributed by atoms with Crippen molar-refractivity contribution in [1.29, 1.82) is 0 Å². The second kappa shape index (κ2) is 7.41. The molecular formula is C18H19N3O2S2. The number of benzene rings is 1. The summed E-state index contributed by atoms with van der Waals surface area (Å²) >= 11 is 2.75. The number of thiophene rings is 1. The van der Waals surface area contributed by atoms with Gasteiger partial charge in [0, 0.05) is 19.3 Å². The van der Waals surface area contributed by atoms with E-state index in [1.165, 1.54) is 27.7 Å². The molecule has 7 heteroatoms. The summed E-state index contributed by atoms with van der Waals surface area (Å²) in [5.74, 6) is -0.000717. The molecule has 2 aromatic heterocycles. The smallest absolute Gasteiger partial charge is 0.262 e. The number of hydrogen-bond acceptors (Lipinski definition) is 5. The SMILES string of the molecule is CCN(C(=O)C(C)Sc1nc2sccc2c(=O)n1C)c1ccccc1. The third-order valence-corrected chi connectivity index (χ3v) is 5.88. The molecule has 0 saturated heterocycles. The Balaban J connectivity index is 1.86. The van der Waals surface area contributed by atoms with E-state index < -0.39 is 0 Å². The van der Waals surface area contributed by atoms with Crippen molar-refractivity contribution in [2.45, 2.75) is 24.3 Å².